The van der Waals surface area contributed by atoms with Crippen molar-refractivity contribution in [1.82, 2.24) is 10.2 Å². The molecule has 1 aliphatic heterocycles. The van der Waals surface area contributed by atoms with Crippen molar-refractivity contribution in [3.05, 3.63) is 28.8 Å². The lowest BCUT2D eigenvalue weighted by atomic mass is 9.97. The maximum atomic E-state index is 12.6. The number of benzene rings is 1. The summed E-state index contributed by atoms with van der Waals surface area (Å²) in [5.74, 6) is 1.09. The van der Waals surface area contributed by atoms with E-state index in [9.17, 15) is 4.79 Å². The number of nitrogens with zero attached hydrogens (tertiary/aromatic N) is 1. The highest BCUT2D eigenvalue weighted by molar-refractivity contribution is 6.30. The first-order valence-electron chi connectivity index (χ1n) is 6.93. The molecule has 0 radical (unpaired) electrons. The number of methoxy groups -OCH3 is 1. The molecule has 1 aromatic rings. The third-order valence-electron chi connectivity index (χ3n) is 3.69. The SMILES string of the molecule is CNC[C@H]1CCCN(C(=O)c2ccc(Cl)cc2OC)C1. The molecule has 1 aliphatic rings. The molecule has 4 nitrogen and oxygen atoms in total. The number of piperidine rings is 1. The summed E-state index contributed by atoms with van der Waals surface area (Å²) in [5, 5.41) is 3.76. The van der Waals surface area contributed by atoms with Crippen LogP contribution in [-0.4, -0.2) is 44.6 Å². The fraction of sp³-hybridized carbons (Fsp3) is 0.533. The first-order valence-corrected chi connectivity index (χ1v) is 7.31. The molecule has 0 aromatic heterocycles. The Labute approximate surface area is 125 Å². The van der Waals surface area contributed by atoms with Crippen molar-refractivity contribution >= 4 is 17.5 Å². The molecule has 1 heterocycles. The van der Waals surface area contributed by atoms with Gasteiger partial charge >= 0.3 is 0 Å². The molecule has 1 N–H and O–H groups in total. The average molecular weight is 297 g/mol. The van der Waals surface area contributed by atoms with E-state index in [1.165, 1.54) is 6.42 Å². The normalized spacial score (nSPS) is 18.9. The molecule has 1 fully saturated rings. The average Bonchev–Trinajstić information content (AvgIpc) is 2.47. The summed E-state index contributed by atoms with van der Waals surface area (Å²) in [6.07, 6.45) is 2.22. The second-order valence-corrected chi connectivity index (χ2v) is 5.60. The van der Waals surface area contributed by atoms with Gasteiger partial charge in [-0.1, -0.05) is 11.6 Å². The van der Waals surface area contributed by atoms with Crippen LogP contribution < -0.4 is 10.1 Å². The van der Waals surface area contributed by atoms with E-state index in [0.29, 0.717) is 22.3 Å². The van der Waals surface area contributed by atoms with E-state index < -0.39 is 0 Å². The standard InChI is InChI=1S/C15H21ClN2O2/c1-17-9-11-4-3-7-18(10-11)15(19)13-6-5-12(16)8-14(13)20-2/h5-6,8,11,17H,3-4,7,9-10H2,1-2H3/t11-/m1/s1. The number of hydrogen-bond donors (Lipinski definition) is 1. The van der Waals surface area contributed by atoms with Crippen molar-refractivity contribution in [1.29, 1.82) is 0 Å². The predicted octanol–water partition coefficient (Wildman–Crippen LogP) is 2.42. The fourth-order valence-corrected chi connectivity index (χ4v) is 2.88. The number of nitrogens with one attached hydrogen (secondary N) is 1. The van der Waals surface area contributed by atoms with E-state index in [4.69, 9.17) is 16.3 Å². The predicted molar refractivity (Wildman–Crippen MR) is 80.6 cm³/mol. The first-order chi connectivity index (χ1) is 9.65. The van der Waals surface area contributed by atoms with Crippen molar-refractivity contribution < 1.29 is 9.53 Å². The number of amides is 1. The van der Waals surface area contributed by atoms with Crippen molar-refractivity contribution in [2.24, 2.45) is 5.92 Å². The second-order valence-electron chi connectivity index (χ2n) is 5.16. The molecule has 0 aliphatic carbocycles. The Hall–Kier alpha value is -1.26. The third kappa shape index (κ3) is 3.44. The van der Waals surface area contributed by atoms with Crippen LogP contribution in [0.2, 0.25) is 5.02 Å². The number of ether oxygens (including phenoxy) is 1. The van der Waals surface area contributed by atoms with Gasteiger partial charge in [-0.2, -0.15) is 0 Å². The summed E-state index contributed by atoms with van der Waals surface area (Å²) in [5.41, 5.74) is 0.585. The smallest absolute Gasteiger partial charge is 0.257 e. The Bertz CT molecular complexity index is 477. The summed E-state index contributed by atoms with van der Waals surface area (Å²) in [6.45, 7) is 2.55. The zero-order valence-electron chi connectivity index (χ0n) is 12.0. The molecule has 0 bridgehead atoms. The quantitative estimate of drug-likeness (QED) is 0.928. The van der Waals surface area contributed by atoms with Crippen molar-refractivity contribution in [2.45, 2.75) is 12.8 Å². The first kappa shape index (κ1) is 15.1. The van der Waals surface area contributed by atoms with Crippen LogP contribution in [-0.2, 0) is 0 Å². The van der Waals surface area contributed by atoms with Crippen LogP contribution in [0.5, 0.6) is 5.75 Å². The van der Waals surface area contributed by atoms with E-state index in [-0.39, 0.29) is 5.91 Å². The molecule has 5 heteroatoms. The largest absolute Gasteiger partial charge is 0.496 e. The van der Waals surface area contributed by atoms with Gasteiger partial charge in [-0.15, -0.1) is 0 Å². The topological polar surface area (TPSA) is 41.6 Å². The minimum Gasteiger partial charge on any atom is -0.496 e. The lowest BCUT2D eigenvalue weighted by Crippen LogP contribution is -2.42. The molecule has 2 rings (SSSR count). The molecule has 0 spiro atoms. The van der Waals surface area contributed by atoms with E-state index in [1.807, 2.05) is 11.9 Å². The molecular formula is C15H21ClN2O2. The van der Waals surface area contributed by atoms with Crippen LogP contribution in [0.15, 0.2) is 18.2 Å². The van der Waals surface area contributed by atoms with Crippen molar-refractivity contribution in [3.63, 3.8) is 0 Å². The number of hydrogen-bond acceptors (Lipinski definition) is 3. The highest BCUT2D eigenvalue weighted by atomic mass is 35.5. The van der Waals surface area contributed by atoms with Crippen molar-refractivity contribution in [2.75, 3.05) is 33.8 Å². The van der Waals surface area contributed by atoms with Gasteiger partial charge in [-0.25, -0.2) is 0 Å². The number of likely N-dealkylation sites (tertiary alicyclic amines) is 1. The molecule has 0 saturated carbocycles. The lowest BCUT2D eigenvalue weighted by molar-refractivity contribution is 0.0671. The van der Waals surface area contributed by atoms with Crippen LogP contribution in [0.4, 0.5) is 0 Å². The van der Waals surface area contributed by atoms with Crippen LogP contribution in [0, 0.1) is 5.92 Å². The van der Waals surface area contributed by atoms with Gasteiger partial charge in [0.15, 0.2) is 0 Å². The number of carbonyl (C=O) groups is 1. The molecule has 1 saturated heterocycles. The molecule has 1 amide bonds. The Balaban J connectivity index is 2.14. The maximum absolute atomic E-state index is 12.6. The van der Waals surface area contributed by atoms with Gasteiger partial charge in [-0.05, 0) is 50.6 Å². The summed E-state index contributed by atoms with van der Waals surface area (Å²) in [4.78, 5) is 14.5. The van der Waals surface area contributed by atoms with E-state index in [1.54, 1.807) is 25.3 Å². The molecule has 1 aromatic carbocycles. The maximum Gasteiger partial charge on any atom is 0.257 e. The number of carbonyl (C=O) groups excluding carboxylic acids is 1. The zero-order valence-corrected chi connectivity index (χ0v) is 12.7. The molecule has 110 valence electrons. The van der Waals surface area contributed by atoms with Crippen molar-refractivity contribution in [3.8, 4) is 5.75 Å². The van der Waals surface area contributed by atoms with Gasteiger partial charge in [0.05, 0.1) is 12.7 Å². The van der Waals surface area contributed by atoms with Crippen LogP contribution in [0.1, 0.15) is 23.2 Å². The van der Waals surface area contributed by atoms with E-state index in [0.717, 1.165) is 26.1 Å². The van der Waals surface area contributed by atoms with Crippen LogP contribution >= 0.6 is 11.6 Å². The molecule has 0 unspecified atom stereocenters. The van der Waals surface area contributed by atoms with Gasteiger partial charge in [0.25, 0.3) is 5.91 Å². The highest BCUT2D eigenvalue weighted by Gasteiger charge is 2.25. The van der Waals surface area contributed by atoms with E-state index in [2.05, 4.69) is 5.32 Å². The minimum absolute atomic E-state index is 0.0271. The zero-order chi connectivity index (χ0) is 14.5. The highest BCUT2D eigenvalue weighted by Crippen LogP contribution is 2.26. The molecule has 1 atom stereocenters. The van der Waals surface area contributed by atoms with Crippen LogP contribution in [0.25, 0.3) is 0 Å². The Kier molecular flexibility index (Phi) is 5.26. The third-order valence-corrected chi connectivity index (χ3v) is 3.93. The number of halogens is 1. The molecular weight excluding hydrogens is 276 g/mol. The summed E-state index contributed by atoms with van der Waals surface area (Å²) in [6, 6.07) is 5.15. The van der Waals surface area contributed by atoms with Gasteiger partial charge in [0.2, 0.25) is 0 Å². The van der Waals surface area contributed by atoms with Crippen LogP contribution in [0.3, 0.4) is 0 Å². The van der Waals surface area contributed by atoms with E-state index >= 15 is 0 Å². The second kappa shape index (κ2) is 6.95. The monoisotopic (exact) mass is 296 g/mol. The Morgan fingerprint density at radius 2 is 2.35 bits per heavy atom. The summed E-state index contributed by atoms with van der Waals surface area (Å²) in [7, 11) is 3.51. The Morgan fingerprint density at radius 3 is 3.05 bits per heavy atom. The van der Waals surface area contributed by atoms with Gasteiger partial charge in [-0.3, -0.25) is 4.79 Å². The summed E-state index contributed by atoms with van der Waals surface area (Å²) >= 11 is 5.94. The molecule has 20 heavy (non-hydrogen) atoms. The number of rotatable bonds is 4. The minimum atomic E-state index is 0.0271. The summed E-state index contributed by atoms with van der Waals surface area (Å²) < 4.78 is 5.27. The lowest BCUT2D eigenvalue weighted by Gasteiger charge is -2.33. The van der Waals surface area contributed by atoms with Gasteiger partial charge < -0.3 is 15.0 Å². The van der Waals surface area contributed by atoms with Gasteiger partial charge in [0.1, 0.15) is 5.75 Å². The van der Waals surface area contributed by atoms with Gasteiger partial charge in [0, 0.05) is 18.1 Å². The Morgan fingerprint density at radius 1 is 1.55 bits per heavy atom. The fourth-order valence-electron chi connectivity index (χ4n) is 2.72.